The SMILES string of the molecule is Nc1c(-c2ccncc2)nc2n(c1=O)CCCCC2. The molecule has 2 aromatic heterocycles. The lowest BCUT2D eigenvalue weighted by Crippen LogP contribution is -2.27. The number of fused-ring (bicyclic) bond motifs is 1. The molecule has 2 aromatic rings. The van der Waals surface area contributed by atoms with E-state index in [9.17, 15) is 4.79 Å². The highest BCUT2D eigenvalue weighted by molar-refractivity contribution is 5.71. The van der Waals surface area contributed by atoms with Crippen molar-refractivity contribution in [2.24, 2.45) is 0 Å². The van der Waals surface area contributed by atoms with Gasteiger partial charge in [-0.2, -0.15) is 0 Å². The van der Waals surface area contributed by atoms with E-state index in [2.05, 4.69) is 9.97 Å². The van der Waals surface area contributed by atoms with Gasteiger partial charge in [-0.3, -0.25) is 14.3 Å². The van der Waals surface area contributed by atoms with Crippen LogP contribution in [0.1, 0.15) is 25.1 Å². The van der Waals surface area contributed by atoms with Crippen LogP contribution in [0, 0.1) is 0 Å². The zero-order valence-electron chi connectivity index (χ0n) is 10.7. The highest BCUT2D eigenvalue weighted by Crippen LogP contribution is 2.22. The van der Waals surface area contributed by atoms with Crippen LogP contribution < -0.4 is 11.3 Å². The Kier molecular flexibility index (Phi) is 3.03. The summed E-state index contributed by atoms with van der Waals surface area (Å²) in [6.07, 6.45) is 7.43. The van der Waals surface area contributed by atoms with Crippen molar-refractivity contribution in [3.63, 3.8) is 0 Å². The number of aryl methyl sites for hydroxylation is 1. The van der Waals surface area contributed by atoms with E-state index in [0.717, 1.165) is 43.6 Å². The summed E-state index contributed by atoms with van der Waals surface area (Å²) in [7, 11) is 0. The number of hydrogen-bond donors (Lipinski definition) is 1. The molecule has 19 heavy (non-hydrogen) atoms. The van der Waals surface area contributed by atoms with Gasteiger partial charge in [-0.25, -0.2) is 4.98 Å². The van der Waals surface area contributed by atoms with E-state index >= 15 is 0 Å². The first-order valence-corrected chi connectivity index (χ1v) is 6.57. The summed E-state index contributed by atoms with van der Waals surface area (Å²) in [6.45, 7) is 0.724. The van der Waals surface area contributed by atoms with E-state index in [1.54, 1.807) is 17.0 Å². The number of rotatable bonds is 1. The van der Waals surface area contributed by atoms with Gasteiger partial charge in [-0.05, 0) is 25.0 Å². The van der Waals surface area contributed by atoms with Crippen LogP contribution in [-0.2, 0) is 13.0 Å². The van der Waals surface area contributed by atoms with Crippen molar-refractivity contribution < 1.29 is 0 Å². The van der Waals surface area contributed by atoms with Gasteiger partial charge in [0.1, 0.15) is 17.2 Å². The van der Waals surface area contributed by atoms with Crippen molar-refractivity contribution in [3.05, 3.63) is 40.7 Å². The molecule has 0 unspecified atom stereocenters. The molecule has 1 aliphatic heterocycles. The maximum atomic E-state index is 12.3. The molecular formula is C14H16N4O. The van der Waals surface area contributed by atoms with Crippen molar-refractivity contribution >= 4 is 5.69 Å². The van der Waals surface area contributed by atoms with E-state index in [4.69, 9.17) is 5.73 Å². The molecule has 5 heteroatoms. The maximum absolute atomic E-state index is 12.3. The van der Waals surface area contributed by atoms with Crippen molar-refractivity contribution in [1.29, 1.82) is 0 Å². The van der Waals surface area contributed by atoms with Crippen LogP contribution in [0.3, 0.4) is 0 Å². The Hall–Kier alpha value is -2.17. The first-order valence-electron chi connectivity index (χ1n) is 6.57. The number of anilines is 1. The third-order valence-corrected chi connectivity index (χ3v) is 3.52. The second-order valence-corrected chi connectivity index (χ2v) is 4.79. The Balaban J connectivity index is 2.20. The van der Waals surface area contributed by atoms with Crippen LogP contribution in [0.2, 0.25) is 0 Å². The molecular weight excluding hydrogens is 240 g/mol. The van der Waals surface area contributed by atoms with E-state index < -0.39 is 0 Å². The van der Waals surface area contributed by atoms with Gasteiger partial charge in [0.2, 0.25) is 0 Å². The predicted octanol–water partition coefficient (Wildman–Crippen LogP) is 1.61. The Bertz CT molecular complexity index is 648. The molecule has 3 heterocycles. The fraction of sp³-hybridized carbons (Fsp3) is 0.357. The number of nitrogen functional groups attached to an aromatic ring is 1. The van der Waals surface area contributed by atoms with Gasteiger partial charge in [0.25, 0.3) is 5.56 Å². The lowest BCUT2D eigenvalue weighted by Gasteiger charge is -2.12. The smallest absolute Gasteiger partial charge is 0.277 e. The highest BCUT2D eigenvalue weighted by Gasteiger charge is 2.17. The molecule has 0 radical (unpaired) electrons. The van der Waals surface area contributed by atoms with Crippen LogP contribution in [0.4, 0.5) is 5.69 Å². The molecule has 1 aliphatic rings. The Morgan fingerprint density at radius 3 is 2.74 bits per heavy atom. The minimum absolute atomic E-state index is 0.112. The molecule has 0 saturated heterocycles. The summed E-state index contributed by atoms with van der Waals surface area (Å²) >= 11 is 0. The zero-order chi connectivity index (χ0) is 13.2. The second kappa shape index (κ2) is 4.84. The lowest BCUT2D eigenvalue weighted by atomic mass is 10.1. The fourth-order valence-electron chi connectivity index (χ4n) is 2.49. The van der Waals surface area contributed by atoms with Crippen LogP contribution in [0.5, 0.6) is 0 Å². The molecule has 0 spiro atoms. The first-order chi connectivity index (χ1) is 9.27. The molecule has 2 N–H and O–H groups in total. The van der Waals surface area contributed by atoms with Crippen LogP contribution >= 0.6 is 0 Å². The molecule has 0 fully saturated rings. The van der Waals surface area contributed by atoms with Gasteiger partial charge in [-0.1, -0.05) is 6.42 Å². The molecule has 3 rings (SSSR count). The summed E-state index contributed by atoms with van der Waals surface area (Å²) < 4.78 is 1.73. The third kappa shape index (κ3) is 2.12. The van der Waals surface area contributed by atoms with Gasteiger partial charge in [0.15, 0.2) is 0 Å². The molecule has 0 saturated carbocycles. The summed E-state index contributed by atoms with van der Waals surface area (Å²) in [5, 5.41) is 0. The monoisotopic (exact) mass is 256 g/mol. The van der Waals surface area contributed by atoms with Crippen molar-refractivity contribution in [3.8, 4) is 11.3 Å². The number of aromatic nitrogens is 3. The van der Waals surface area contributed by atoms with E-state index in [1.807, 2.05) is 12.1 Å². The molecule has 98 valence electrons. The number of nitrogens with two attached hydrogens (primary N) is 1. The first kappa shape index (κ1) is 11.9. The normalized spacial score (nSPS) is 14.7. The standard InChI is InChI=1S/C14H16N4O/c15-12-13(10-5-7-16-8-6-10)17-11-4-2-1-3-9-18(11)14(12)19/h5-8H,1-4,9,15H2. The van der Waals surface area contributed by atoms with Crippen molar-refractivity contribution in [2.75, 3.05) is 5.73 Å². The van der Waals surface area contributed by atoms with Gasteiger partial charge >= 0.3 is 0 Å². The molecule has 0 aromatic carbocycles. The third-order valence-electron chi connectivity index (χ3n) is 3.52. The van der Waals surface area contributed by atoms with E-state index in [0.29, 0.717) is 5.69 Å². The lowest BCUT2D eigenvalue weighted by molar-refractivity contribution is 0.611. The summed E-state index contributed by atoms with van der Waals surface area (Å²) in [5.41, 5.74) is 7.52. The quantitative estimate of drug-likeness (QED) is 0.841. The summed E-state index contributed by atoms with van der Waals surface area (Å²) in [6, 6.07) is 3.65. The molecule has 0 atom stereocenters. The number of pyridine rings is 1. The topological polar surface area (TPSA) is 73.8 Å². The van der Waals surface area contributed by atoms with Crippen LogP contribution in [0.15, 0.2) is 29.3 Å². The van der Waals surface area contributed by atoms with E-state index in [-0.39, 0.29) is 11.2 Å². The Morgan fingerprint density at radius 1 is 1.16 bits per heavy atom. The number of nitrogens with zero attached hydrogens (tertiary/aromatic N) is 3. The average Bonchev–Trinajstić information content (AvgIpc) is 2.69. The minimum Gasteiger partial charge on any atom is -0.392 e. The second-order valence-electron chi connectivity index (χ2n) is 4.79. The maximum Gasteiger partial charge on any atom is 0.277 e. The minimum atomic E-state index is -0.112. The summed E-state index contributed by atoms with van der Waals surface area (Å²) in [5.74, 6) is 0.850. The van der Waals surface area contributed by atoms with Gasteiger partial charge < -0.3 is 5.73 Å². The highest BCUT2D eigenvalue weighted by atomic mass is 16.1. The molecule has 0 amide bonds. The van der Waals surface area contributed by atoms with Gasteiger partial charge in [0.05, 0.1) is 0 Å². The Labute approximate surface area is 111 Å². The summed E-state index contributed by atoms with van der Waals surface area (Å²) in [4.78, 5) is 20.9. The molecule has 5 nitrogen and oxygen atoms in total. The fourth-order valence-corrected chi connectivity index (χ4v) is 2.49. The molecule has 0 aliphatic carbocycles. The van der Waals surface area contributed by atoms with Crippen LogP contribution in [-0.4, -0.2) is 14.5 Å². The van der Waals surface area contributed by atoms with Gasteiger partial charge in [0, 0.05) is 30.9 Å². The van der Waals surface area contributed by atoms with Gasteiger partial charge in [-0.15, -0.1) is 0 Å². The predicted molar refractivity (Wildman–Crippen MR) is 73.7 cm³/mol. The largest absolute Gasteiger partial charge is 0.392 e. The zero-order valence-corrected chi connectivity index (χ0v) is 10.7. The molecule has 0 bridgehead atoms. The number of hydrogen-bond acceptors (Lipinski definition) is 4. The Morgan fingerprint density at radius 2 is 1.95 bits per heavy atom. The van der Waals surface area contributed by atoms with Crippen molar-refractivity contribution in [1.82, 2.24) is 14.5 Å². The van der Waals surface area contributed by atoms with Crippen molar-refractivity contribution in [2.45, 2.75) is 32.2 Å². The van der Waals surface area contributed by atoms with E-state index in [1.165, 1.54) is 0 Å². The van der Waals surface area contributed by atoms with Crippen LogP contribution in [0.25, 0.3) is 11.3 Å². The average molecular weight is 256 g/mol.